The predicted octanol–water partition coefficient (Wildman–Crippen LogP) is 3.03. The van der Waals surface area contributed by atoms with Crippen LogP contribution in [0.15, 0.2) is 22.8 Å². The van der Waals surface area contributed by atoms with Gasteiger partial charge < -0.3 is 19.6 Å². The third-order valence-corrected chi connectivity index (χ3v) is 6.20. The molecule has 3 fully saturated rings. The molecule has 5 unspecified atom stereocenters. The van der Waals surface area contributed by atoms with E-state index in [1.807, 2.05) is 12.1 Å². The first-order valence-electron chi connectivity index (χ1n) is 8.80. The van der Waals surface area contributed by atoms with Gasteiger partial charge in [-0.25, -0.2) is 0 Å². The molecule has 122 valence electrons. The maximum absolute atomic E-state index is 10.3. The Morgan fingerprint density at radius 1 is 1.41 bits per heavy atom. The molecule has 4 nitrogen and oxygen atoms in total. The van der Waals surface area contributed by atoms with Crippen LogP contribution in [0.5, 0.6) is 0 Å². The van der Waals surface area contributed by atoms with E-state index in [1.165, 1.54) is 32.1 Å². The van der Waals surface area contributed by atoms with E-state index in [0.717, 1.165) is 6.61 Å². The first-order valence-corrected chi connectivity index (χ1v) is 8.80. The first kappa shape index (κ1) is 14.7. The molecule has 1 aromatic heterocycles. The normalized spacial score (nSPS) is 35.3. The Labute approximate surface area is 132 Å². The van der Waals surface area contributed by atoms with Gasteiger partial charge in [-0.3, -0.25) is 0 Å². The Hall–Kier alpha value is -0.840. The lowest BCUT2D eigenvalue weighted by Gasteiger charge is -2.58. The van der Waals surface area contributed by atoms with E-state index in [4.69, 9.17) is 9.15 Å². The van der Waals surface area contributed by atoms with Crippen molar-refractivity contribution in [2.24, 2.45) is 11.3 Å². The van der Waals surface area contributed by atoms with E-state index in [0.29, 0.717) is 35.7 Å². The molecule has 5 atom stereocenters. The van der Waals surface area contributed by atoms with Gasteiger partial charge >= 0.3 is 0 Å². The van der Waals surface area contributed by atoms with Gasteiger partial charge in [-0.2, -0.15) is 0 Å². The number of aliphatic hydroxyl groups is 1. The molecule has 0 amide bonds. The summed E-state index contributed by atoms with van der Waals surface area (Å²) in [5.74, 6) is 1.35. The van der Waals surface area contributed by atoms with Crippen molar-refractivity contribution >= 4 is 0 Å². The van der Waals surface area contributed by atoms with Crippen LogP contribution in [0.2, 0.25) is 0 Å². The molecule has 0 radical (unpaired) electrons. The summed E-state index contributed by atoms with van der Waals surface area (Å²) in [5, 5.41) is 14.1. The van der Waals surface area contributed by atoms with Crippen LogP contribution < -0.4 is 5.32 Å². The fraction of sp³-hybridized carbons (Fsp3) is 0.778. The number of nitrogens with one attached hydrogen (secondary N) is 1. The number of hydrogen-bond donors (Lipinski definition) is 2. The van der Waals surface area contributed by atoms with E-state index in [1.54, 1.807) is 6.26 Å². The lowest BCUT2D eigenvalue weighted by molar-refractivity contribution is -0.133. The Kier molecular flexibility index (Phi) is 3.79. The van der Waals surface area contributed by atoms with Gasteiger partial charge in [0.2, 0.25) is 0 Å². The molecular weight excluding hydrogens is 278 g/mol. The summed E-state index contributed by atoms with van der Waals surface area (Å²) in [6, 6.07) is 4.53. The van der Waals surface area contributed by atoms with Crippen molar-refractivity contribution in [1.29, 1.82) is 0 Å². The van der Waals surface area contributed by atoms with Gasteiger partial charge in [-0.05, 0) is 44.7 Å². The average molecular weight is 305 g/mol. The summed E-state index contributed by atoms with van der Waals surface area (Å²) in [6.45, 7) is 3.11. The number of rotatable bonds is 5. The molecule has 22 heavy (non-hydrogen) atoms. The summed E-state index contributed by atoms with van der Waals surface area (Å²) in [4.78, 5) is 0. The maximum atomic E-state index is 10.3. The molecule has 1 spiro atoms. The van der Waals surface area contributed by atoms with E-state index >= 15 is 0 Å². The molecule has 1 aliphatic heterocycles. The summed E-state index contributed by atoms with van der Waals surface area (Å²) in [5.41, 5.74) is 0.380. The smallest absolute Gasteiger partial charge is 0.132 e. The zero-order valence-corrected chi connectivity index (χ0v) is 13.3. The van der Waals surface area contributed by atoms with Crippen molar-refractivity contribution in [3.8, 4) is 0 Å². The molecule has 2 aliphatic carbocycles. The molecule has 1 aromatic rings. The molecule has 4 rings (SSSR count). The highest BCUT2D eigenvalue weighted by Crippen LogP contribution is 2.60. The second-order valence-corrected chi connectivity index (χ2v) is 7.50. The highest BCUT2D eigenvalue weighted by molar-refractivity contribution is 5.17. The van der Waals surface area contributed by atoms with Crippen molar-refractivity contribution in [3.05, 3.63) is 24.2 Å². The highest BCUT2D eigenvalue weighted by atomic mass is 16.5. The topological polar surface area (TPSA) is 54.6 Å². The van der Waals surface area contributed by atoms with Crippen LogP contribution in [0, 0.1) is 11.3 Å². The minimum absolute atomic E-state index is 0.282. The first-order chi connectivity index (χ1) is 10.7. The molecule has 2 heterocycles. The van der Waals surface area contributed by atoms with Gasteiger partial charge in [0, 0.05) is 30.0 Å². The van der Waals surface area contributed by atoms with E-state index < -0.39 is 6.10 Å². The monoisotopic (exact) mass is 305 g/mol. The zero-order valence-electron chi connectivity index (χ0n) is 13.3. The Balaban J connectivity index is 1.39. The Bertz CT molecular complexity index is 494. The molecular formula is C18H27NO3. The third-order valence-electron chi connectivity index (χ3n) is 6.20. The van der Waals surface area contributed by atoms with Gasteiger partial charge in [-0.15, -0.1) is 0 Å². The van der Waals surface area contributed by atoms with Crippen molar-refractivity contribution in [2.45, 2.75) is 69.7 Å². The number of ether oxygens (including phenoxy) is 1. The Morgan fingerprint density at radius 3 is 2.95 bits per heavy atom. The molecule has 4 heteroatoms. The molecule has 0 bridgehead atoms. The highest BCUT2D eigenvalue weighted by Gasteiger charge is 2.64. The molecule has 3 aliphatic rings. The quantitative estimate of drug-likeness (QED) is 0.878. The van der Waals surface area contributed by atoms with Crippen LogP contribution in [0.3, 0.4) is 0 Å². The van der Waals surface area contributed by atoms with Crippen LogP contribution in [-0.4, -0.2) is 29.9 Å². The van der Waals surface area contributed by atoms with Crippen LogP contribution in [0.4, 0.5) is 0 Å². The lowest BCUT2D eigenvalue weighted by atomic mass is 9.54. The van der Waals surface area contributed by atoms with Crippen molar-refractivity contribution in [1.82, 2.24) is 5.32 Å². The summed E-state index contributed by atoms with van der Waals surface area (Å²) in [6.07, 6.45) is 8.77. The maximum Gasteiger partial charge on any atom is 0.132 e. The minimum Gasteiger partial charge on any atom is -0.467 e. The van der Waals surface area contributed by atoms with Gasteiger partial charge in [0.05, 0.1) is 12.4 Å². The van der Waals surface area contributed by atoms with Gasteiger partial charge in [0.25, 0.3) is 0 Å². The van der Waals surface area contributed by atoms with Gasteiger partial charge in [0.15, 0.2) is 0 Å². The Morgan fingerprint density at radius 2 is 2.23 bits per heavy atom. The lowest BCUT2D eigenvalue weighted by Crippen LogP contribution is -2.68. The number of hydrogen-bond acceptors (Lipinski definition) is 4. The SMILES string of the molecule is CC(CC(O)c1ccco1)NC1C2CCOC2C12CCCC2. The van der Waals surface area contributed by atoms with Crippen molar-refractivity contribution in [2.75, 3.05) is 6.61 Å². The van der Waals surface area contributed by atoms with Gasteiger partial charge in [0.1, 0.15) is 11.9 Å². The molecule has 1 saturated heterocycles. The largest absolute Gasteiger partial charge is 0.467 e. The number of aliphatic hydroxyl groups excluding tert-OH is 1. The van der Waals surface area contributed by atoms with E-state index in [-0.39, 0.29) is 6.04 Å². The molecule has 0 aromatic carbocycles. The second kappa shape index (κ2) is 5.66. The summed E-state index contributed by atoms with van der Waals surface area (Å²) < 4.78 is 11.3. The third kappa shape index (κ3) is 2.24. The van der Waals surface area contributed by atoms with E-state index in [2.05, 4.69) is 12.2 Å². The van der Waals surface area contributed by atoms with Crippen LogP contribution >= 0.6 is 0 Å². The fourth-order valence-corrected chi connectivity index (χ4v) is 5.25. The number of furan rings is 1. The summed E-state index contributed by atoms with van der Waals surface area (Å²) >= 11 is 0. The van der Waals surface area contributed by atoms with Gasteiger partial charge in [-0.1, -0.05) is 12.8 Å². The van der Waals surface area contributed by atoms with E-state index in [9.17, 15) is 5.11 Å². The number of fused-ring (bicyclic) bond motifs is 2. The molecule has 2 saturated carbocycles. The van der Waals surface area contributed by atoms with Crippen molar-refractivity contribution in [3.63, 3.8) is 0 Å². The zero-order chi connectivity index (χ0) is 15.2. The average Bonchev–Trinajstić information content (AvgIpc) is 3.23. The minimum atomic E-state index is -0.521. The van der Waals surface area contributed by atoms with Crippen molar-refractivity contribution < 1.29 is 14.3 Å². The summed E-state index contributed by atoms with van der Waals surface area (Å²) in [7, 11) is 0. The predicted molar refractivity (Wildman–Crippen MR) is 83.4 cm³/mol. The standard InChI is InChI=1S/C18H27NO3/c1-12(11-14(20)15-5-4-9-21-15)19-16-13-6-10-22-17(13)18(16)7-2-3-8-18/h4-5,9,12-14,16-17,19-20H,2-3,6-8,10-11H2,1H3. The second-order valence-electron chi connectivity index (χ2n) is 7.50. The molecule has 2 N–H and O–H groups in total. The van der Waals surface area contributed by atoms with Crippen LogP contribution in [0.1, 0.15) is 57.3 Å². The van der Waals surface area contributed by atoms with Crippen LogP contribution in [-0.2, 0) is 4.74 Å². The van der Waals surface area contributed by atoms with Crippen LogP contribution in [0.25, 0.3) is 0 Å². The fourth-order valence-electron chi connectivity index (χ4n) is 5.25.